The Morgan fingerprint density at radius 3 is 2.62 bits per heavy atom. The van der Waals surface area contributed by atoms with E-state index in [9.17, 15) is 18.5 Å². The van der Waals surface area contributed by atoms with E-state index in [1.165, 1.54) is 48.2 Å². The van der Waals surface area contributed by atoms with E-state index >= 15 is 0 Å². The van der Waals surface area contributed by atoms with Gasteiger partial charge < -0.3 is 5.32 Å². The first-order chi connectivity index (χ1) is 16.2. The number of benzene rings is 1. The summed E-state index contributed by atoms with van der Waals surface area (Å²) in [6.45, 7) is 1.73. The average Bonchev–Trinajstić information content (AvgIpc) is 3.27. The number of pyridine rings is 1. The molecule has 174 valence electrons. The van der Waals surface area contributed by atoms with Gasteiger partial charge in [0.1, 0.15) is 11.1 Å². The molecule has 2 N–H and O–H groups in total. The van der Waals surface area contributed by atoms with Crippen LogP contribution in [0, 0.1) is 11.3 Å². The molecule has 1 aromatic carbocycles. The molecule has 2 heterocycles. The van der Waals surface area contributed by atoms with Gasteiger partial charge in [0, 0.05) is 11.4 Å². The number of aryl methyl sites for hydroxylation is 2. The monoisotopic (exact) mass is 514 g/mol. The minimum Gasteiger partial charge on any atom is -0.325 e. The first-order valence-electron chi connectivity index (χ1n) is 10.3. The normalized spacial score (nSPS) is 13.6. The van der Waals surface area contributed by atoms with Gasteiger partial charge in [0.25, 0.3) is 10.0 Å². The first-order valence-corrected chi connectivity index (χ1v) is 13.0. The fourth-order valence-electron chi connectivity index (χ4n) is 3.37. The van der Waals surface area contributed by atoms with Gasteiger partial charge in [-0.1, -0.05) is 23.4 Å². The Bertz CT molecular complexity index is 1370. The first kappa shape index (κ1) is 23.9. The molecule has 0 saturated carbocycles. The summed E-state index contributed by atoms with van der Waals surface area (Å²) < 4.78 is 27.4. The molecule has 0 aliphatic heterocycles. The van der Waals surface area contributed by atoms with Crippen molar-refractivity contribution in [2.45, 2.75) is 41.4 Å². The standard InChI is InChI=1S/C22H19ClN6O3S2/c1-13(33-22-15(12-24)11-14-3-2-4-18(14)26-22)21(30)25-16-5-7-17(8-6-16)34(31,32)29-20-10-9-19(23)27-28-20/h5-11,13H,2-4H2,1H3,(H,25,30)(H,28,29). The number of amides is 1. The molecule has 3 aromatic rings. The number of halogens is 1. The van der Waals surface area contributed by atoms with Crippen molar-refractivity contribution in [3.05, 3.63) is 64.4 Å². The molecule has 0 bridgehead atoms. The summed E-state index contributed by atoms with van der Waals surface area (Å²) in [4.78, 5) is 17.3. The second-order valence-corrected chi connectivity index (χ2v) is 10.9. The van der Waals surface area contributed by atoms with Crippen molar-refractivity contribution in [2.24, 2.45) is 0 Å². The highest BCUT2D eigenvalue weighted by Gasteiger charge is 2.22. The van der Waals surface area contributed by atoms with Gasteiger partial charge in [0.15, 0.2) is 11.0 Å². The Morgan fingerprint density at radius 2 is 1.94 bits per heavy atom. The molecule has 0 fully saturated rings. The molecule has 12 heteroatoms. The van der Waals surface area contributed by atoms with Crippen molar-refractivity contribution in [2.75, 3.05) is 10.0 Å². The largest absolute Gasteiger partial charge is 0.325 e. The van der Waals surface area contributed by atoms with Crippen molar-refractivity contribution in [3.63, 3.8) is 0 Å². The van der Waals surface area contributed by atoms with E-state index in [4.69, 9.17) is 11.6 Å². The summed E-state index contributed by atoms with van der Waals surface area (Å²) in [5, 5.41) is 19.7. The zero-order valence-electron chi connectivity index (χ0n) is 17.9. The van der Waals surface area contributed by atoms with Gasteiger partial charge in [-0.15, -0.1) is 10.2 Å². The van der Waals surface area contributed by atoms with E-state index in [-0.39, 0.29) is 21.8 Å². The van der Waals surface area contributed by atoms with E-state index < -0.39 is 15.3 Å². The topological polar surface area (TPSA) is 138 Å². The molecular weight excluding hydrogens is 496 g/mol. The molecule has 9 nitrogen and oxygen atoms in total. The maximum absolute atomic E-state index is 12.7. The van der Waals surface area contributed by atoms with Crippen LogP contribution in [0.4, 0.5) is 11.5 Å². The molecular formula is C22H19ClN6O3S2. The molecule has 4 rings (SSSR count). The summed E-state index contributed by atoms with van der Waals surface area (Å²) in [6, 6.07) is 12.6. The molecule has 0 spiro atoms. The summed E-state index contributed by atoms with van der Waals surface area (Å²) in [5.74, 6) is -0.258. The predicted molar refractivity (Wildman–Crippen MR) is 129 cm³/mol. The van der Waals surface area contributed by atoms with Gasteiger partial charge in [0.2, 0.25) is 5.91 Å². The number of nitrogens with zero attached hydrogens (tertiary/aromatic N) is 4. The van der Waals surface area contributed by atoms with Crippen LogP contribution in [0.5, 0.6) is 0 Å². The highest BCUT2D eigenvalue weighted by Crippen LogP contribution is 2.30. The summed E-state index contributed by atoms with van der Waals surface area (Å²) in [6.07, 6.45) is 2.82. The van der Waals surface area contributed by atoms with Crippen molar-refractivity contribution < 1.29 is 13.2 Å². The molecule has 1 unspecified atom stereocenters. The molecule has 1 aliphatic rings. The third-order valence-corrected chi connectivity index (χ3v) is 7.77. The molecule has 1 aliphatic carbocycles. The van der Waals surface area contributed by atoms with Crippen LogP contribution >= 0.6 is 23.4 Å². The van der Waals surface area contributed by atoms with Gasteiger partial charge in [-0.3, -0.25) is 9.52 Å². The number of carbonyl (C=O) groups excluding carboxylic acids is 1. The van der Waals surface area contributed by atoms with Crippen molar-refractivity contribution in [3.8, 4) is 6.07 Å². The van der Waals surface area contributed by atoms with Gasteiger partial charge in [0.05, 0.1) is 15.7 Å². The maximum atomic E-state index is 12.7. The SMILES string of the molecule is CC(Sc1nc2c(cc1C#N)CCC2)C(=O)Nc1ccc(S(=O)(=O)Nc2ccc(Cl)nn2)cc1. The Kier molecular flexibility index (Phi) is 7.02. The van der Waals surface area contributed by atoms with E-state index in [0.717, 1.165) is 30.5 Å². The lowest BCUT2D eigenvalue weighted by molar-refractivity contribution is -0.115. The van der Waals surface area contributed by atoms with Crippen LogP contribution in [-0.2, 0) is 27.7 Å². The van der Waals surface area contributed by atoms with Gasteiger partial charge in [-0.05, 0) is 74.2 Å². The van der Waals surface area contributed by atoms with E-state index in [1.54, 1.807) is 6.92 Å². The summed E-state index contributed by atoms with van der Waals surface area (Å²) in [7, 11) is -3.89. The minimum absolute atomic E-state index is 0.00863. The lowest BCUT2D eigenvalue weighted by Gasteiger charge is -2.14. The molecule has 1 amide bonds. The lowest BCUT2D eigenvalue weighted by atomic mass is 10.2. The number of fused-ring (bicyclic) bond motifs is 1. The Morgan fingerprint density at radius 1 is 1.18 bits per heavy atom. The quantitative estimate of drug-likeness (QED) is 0.454. The number of sulfonamides is 1. The molecule has 0 radical (unpaired) electrons. The van der Waals surface area contributed by atoms with Crippen LogP contribution in [0.15, 0.2) is 52.4 Å². The van der Waals surface area contributed by atoms with Gasteiger partial charge in [-0.25, -0.2) is 13.4 Å². The Balaban J connectivity index is 1.41. The van der Waals surface area contributed by atoms with E-state index in [0.29, 0.717) is 16.3 Å². The van der Waals surface area contributed by atoms with Crippen molar-refractivity contribution >= 4 is 50.8 Å². The Labute approximate surface area is 206 Å². The minimum atomic E-state index is -3.89. The third kappa shape index (κ3) is 5.47. The van der Waals surface area contributed by atoms with Crippen LogP contribution in [0.2, 0.25) is 5.15 Å². The number of thioether (sulfide) groups is 1. The fourth-order valence-corrected chi connectivity index (χ4v) is 5.36. The van der Waals surface area contributed by atoms with E-state index in [2.05, 4.69) is 31.3 Å². The van der Waals surface area contributed by atoms with Crippen LogP contribution in [0.25, 0.3) is 0 Å². The third-order valence-electron chi connectivity index (χ3n) is 5.10. The Hall–Kier alpha value is -3.20. The van der Waals surface area contributed by atoms with E-state index in [1.807, 2.05) is 6.07 Å². The number of carbonyl (C=O) groups is 1. The molecule has 34 heavy (non-hydrogen) atoms. The van der Waals surface area contributed by atoms with Crippen molar-refractivity contribution in [1.82, 2.24) is 15.2 Å². The van der Waals surface area contributed by atoms with Crippen LogP contribution in [0.3, 0.4) is 0 Å². The number of hydrogen-bond donors (Lipinski definition) is 2. The second kappa shape index (κ2) is 9.97. The van der Waals surface area contributed by atoms with Crippen molar-refractivity contribution in [1.29, 1.82) is 5.26 Å². The summed E-state index contributed by atoms with van der Waals surface area (Å²) in [5.41, 5.74) is 3.00. The number of nitriles is 1. The smallest absolute Gasteiger partial charge is 0.263 e. The van der Waals surface area contributed by atoms with Crippen LogP contribution in [-0.4, -0.2) is 34.8 Å². The summed E-state index contributed by atoms with van der Waals surface area (Å²) >= 11 is 6.88. The highest BCUT2D eigenvalue weighted by atomic mass is 35.5. The molecule has 0 saturated heterocycles. The van der Waals surface area contributed by atoms with Gasteiger partial charge in [-0.2, -0.15) is 5.26 Å². The number of hydrogen-bond acceptors (Lipinski definition) is 8. The number of nitrogens with one attached hydrogen (secondary N) is 2. The maximum Gasteiger partial charge on any atom is 0.263 e. The zero-order chi connectivity index (χ0) is 24.3. The zero-order valence-corrected chi connectivity index (χ0v) is 20.3. The lowest BCUT2D eigenvalue weighted by Crippen LogP contribution is -2.22. The number of rotatable bonds is 7. The van der Waals surface area contributed by atoms with Crippen LogP contribution < -0.4 is 10.0 Å². The fraction of sp³-hybridized carbons (Fsp3) is 0.227. The van der Waals surface area contributed by atoms with Gasteiger partial charge >= 0.3 is 0 Å². The molecule has 1 atom stereocenters. The number of aromatic nitrogens is 3. The molecule has 2 aromatic heterocycles. The number of anilines is 2. The highest BCUT2D eigenvalue weighted by molar-refractivity contribution is 8.00. The second-order valence-electron chi connectivity index (χ2n) is 7.53. The predicted octanol–water partition coefficient (Wildman–Crippen LogP) is 3.81. The van der Waals surface area contributed by atoms with Crippen LogP contribution in [0.1, 0.15) is 30.2 Å². The average molecular weight is 515 g/mol.